The normalized spacial score (nSPS) is 12.7. The van der Waals surface area contributed by atoms with Crippen molar-refractivity contribution in [3.63, 3.8) is 0 Å². The molecule has 0 radical (unpaired) electrons. The molecule has 1 aromatic rings. The Morgan fingerprint density at radius 3 is 2.94 bits per heavy atom. The number of carboxylic acids is 1. The lowest BCUT2D eigenvalue weighted by atomic mass is 10.0. The molecule has 16 heavy (non-hydrogen) atoms. The molecule has 1 heterocycles. The molecule has 0 aliphatic heterocycles. The average molecular weight is 225 g/mol. The van der Waals surface area contributed by atoms with Crippen LogP contribution in [0.5, 0.6) is 0 Å². The standard InChI is InChI=1S/C11H19N3O2/c1-3-10-8(7-14(2)13-10)6-9(12)4-5-11(15)16/h7,9H,3-6,12H2,1-2H3,(H,15,16). The van der Waals surface area contributed by atoms with Gasteiger partial charge in [-0.05, 0) is 24.8 Å². The Morgan fingerprint density at radius 2 is 2.38 bits per heavy atom. The van der Waals surface area contributed by atoms with E-state index in [9.17, 15) is 4.79 Å². The van der Waals surface area contributed by atoms with Crippen LogP contribution in [-0.2, 0) is 24.7 Å². The largest absolute Gasteiger partial charge is 0.481 e. The molecule has 0 aromatic carbocycles. The fourth-order valence-electron chi connectivity index (χ4n) is 1.75. The molecule has 1 aromatic heterocycles. The Hall–Kier alpha value is -1.36. The molecule has 0 saturated heterocycles. The number of aromatic nitrogens is 2. The van der Waals surface area contributed by atoms with Crippen molar-refractivity contribution in [1.82, 2.24) is 9.78 Å². The quantitative estimate of drug-likeness (QED) is 0.747. The lowest BCUT2D eigenvalue weighted by Gasteiger charge is -2.09. The predicted octanol–water partition coefficient (Wildman–Crippen LogP) is 0.717. The second-order valence-electron chi connectivity index (χ2n) is 4.02. The van der Waals surface area contributed by atoms with Crippen molar-refractivity contribution in [1.29, 1.82) is 0 Å². The van der Waals surface area contributed by atoms with Gasteiger partial charge in [0.05, 0.1) is 5.69 Å². The van der Waals surface area contributed by atoms with Crippen molar-refractivity contribution in [2.24, 2.45) is 12.8 Å². The van der Waals surface area contributed by atoms with Gasteiger partial charge in [0.1, 0.15) is 0 Å². The van der Waals surface area contributed by atoms with Gasteiger partial charge in [0.2, 0.25) is 0 Å². The lowest BCUT2D eigenvalue weighted by molar-refractivity contribution is -0.137. The molecule has 1 unspecified atom stereocenters. The number of carbonyl (C=O) groups is 1. The molecule has 0 saturated carbocycles. The van der Waals surface area contributed by atoms with Gasteiger partial charge in [-0.15, -0.1) is 0 Å². The van der Waals surface area contributed by atoms with Gasteiger partial charge in [-0.25, -0.2) is 0 Å². The Kier molecular flexibility index (Phi) is 4.49. The first-order chi connectivity index (χ1) is 7.52. The molecule has 5 heteroatoms. The molecule has 5 nitrogen and oxygen atoms in total. The van der Waals surface area contributed by atoms with Crippen LogP contribution in [-0.4, -0.2) is 26.9 Å². The molecule has 1 rings (SSSR count). The van der Waals surface area contributed by atoms with E-state index in [0.717, 1.165) is 17.7 Å². The van der Waals surface area contributed by atoms with Crippen molar-refractivity contribution in [3.05, 3.63) is 17.5 Å². The zero-order chi connectivity index (χ0) is 12.1. The summed E-state index contributed by atoms with van der Waals surface area (Å²) in [4.78, 5) is 10.4. The molecule has 0 amide bonds. The molecule has 0 aliphatic rings. The van der Waals surface area contributed by atoms with Crippen molar-refractivity contribution in [2.45, 2.75) is 38.6 Å². The second kappa shape index (κ2) is 5.65. The van der Waals surface area contributed by atoms with Crippen LogP contribution < -0.4 is 5.73 Å². The first-order valence-electron chi connectivity index (χ1n) is 5.51. The third-order valence-corrected chi connectivity index (χ3v) is 2.54. The molecule has 3 N–H and O–H groups in total. The van der Waals surface area contributed by atoms with Gasteiger partial charge in [0, 0.05) is 25.7 Å². The number of hydrogen-bond donors (Lipinski definition) is 2. The van der Waals surface area contributed by atoms with Crippen molar-refractivity contribution < 1.29 is 9.90 Å². The van der Waals surface area contributed by atoms with E-state index in [-0.39, 0.29) is 12.5 Å². The summed E-state index contributed by atoms with van der Waals surface area (Å²) in [6.07, 6.45) is 4.17. The maximum atomic E-state index is 10.4. The van der Waals surface area contributed by atoms with Crippen molar-refractivity contribution >= 4 is 5.97 Å². The maximum Gasteiger partial charge on any atom is 0.303 e. The summed E-state index contributed by atoms with van der Waals surface area (Å²) in [6, 6.07) is -0.106. The number of nitrogens with two attached hydrogens (primary N) is 1. The fourth-order valence-corrected chi connectivity index (χ4v) is 1.75. The lowest BCUT2D eigenvalue weighted by Crippen LogP contribution is -2.24. The van der Waals surface area contributed by atoms with Gasteiger partial charge < -0.3 is 10.8 Å². The minimum Gasteiger partial charge on any atom is -0.481 e. The molecule has 90 valence electrons. The molecule has 0 fully saturated rings. The van der Waals surface area contributed by atoms with Crippen LogP contribution in [0, 0.1) is 0 Å². The highest BCUT2D eigenvalue weighted by atomic mass is 16.4. The Balaban J connectivity index is 2.54. The summed E-state index contributed by atoms with van der Waals surface area (Å²) in [5.41, 5.74) is 8.06. The van der Waals surface area contributed by atoms with E-state index in [4.69, 9.17) is 10.8 Å². The number of aryl methyl sites for hydroxylation is 2. The van der Waals surface area contributed by atoms with E-state index in [1.807, 2.05) is 13.2 Å². The monoisotopic (exact) mass is 225 g/mol. The number of carboxylic acid groups (broad SMARTS) is 1. The van der Waals surface area contributed by atoms with E-state index >= 15 is 0 Å². The van der Waals surface area contributed by atoms with Gasteiger partial charge in [0.25, 0.3) is 0 Å². The van der Waals surface area contributed by atoms with Crippen molar-refractivity contribution in [2.75, 3.05) is 0 Å². The highest BCUT2D eigenvalue weighted by molar-refractivity contribution is 5.66. The van der Waals surface area contributed by atoms with Crippen LogP contribution >= 0.6 is 0 Å². The molecule has 0 bridgehead atoms. The number of hydrogen-bond acceptors (Lipinski definition) is 3. The third kappa shape index (κ3) is 3.66. The minimum absolute atomic E-state index is 0.106. The average Bonchev–Trinajstić information content (AvgIpc) is 2.55. The summed E-state index contributed by atoms with van der Waals surface area (Å²) < 4.78 is 1.78. The Labute approximate surface area is 95.3 Å². The molecule has 1 atom stereocenters. The van der Waals surface area contributed by atoms with Gasteiger partial charge in [-0.3, -0.25) is 9.48 Å². The highest BCUT2D eigenvalue weighted by Crippen LogP contribution is 2.11. The zero-order valence-electron chi connectivity index (χ0n) is 9.81. The van der Waals surface area contributed by atoms with E-state index in [0.29, 0.717) is 12.8 Å². The first kappa shape index (κ1) is 12.7. The maximum absolute atomic E-state index is 10.4. The van der Waals surface area contributed by atoms with Crippen LogP contribution in [0.1, 0.15) is 31.0 Å². The smallest absolute Gasteiger partial charge is 0.303 e. The Morgan fingerprint density at radius 1 is 1.69 bits per heavy atom. The van der Waals surface area contributed by atoms with Gasteiger partial charge in [0.15, 0.2) is 0 Å². The van der Waals surface area contributed by atoms with Gasteiger partial charge >= 0.3 is 5.97 Å². The summed E-state index contributed by atoms with van der Waals surface area (Å²) in [7, 11) is 1.88. The molecule has 0 aliphatic carbocycles. The zero-order valence-corrected chi connectivity index (χ0v) is 9.81. The fraction of sp³-hybridized carbons (Fsp3) is 0.636. The minimum atomic E-state index is -0.794. The van der Waals surface area contributed by atoms with Crippen LogP contribution in [0.15, 0.2) is 6.20 Å². The van der Waals surface area contributed by atoms with Gasteiger partial charge in [-0.2, -0.15) is 5.10 Å². The summed E-state index contributed by atoms with van der Waals surface area (Å²) in [5.74, 6) is -0.794. The van der Waals surface area contributed by atoms with Crippen molar-refractivity contribution in [3.8, 4) is 0 Å². The first-order valence-corrected chi connectivity index (χ1v) is 5.51. The van der Waals surface area contributed by atoms with E-state index in [2.05, 4.69) is 12.0 Å². The summed E-state index contributed by atoms with van der Waals surface area (Å²) >= 11 is 0. The van der Waals surface area contributed by atoms with Crippen LogP contribution in [0.3, 0.4) is 0 Å². The van der Waals surface area contributed by atoms with Crippen LogP contribution in [0.4, 0.5) is 0 Å². The number of aliphatic carboxylic acids is 1. The van der Waals surface area contributed by atoms with Crippen LogP contribution in [0.2, 0.25) is 0 Å². The highest BCUT2D eigenvalue weighted by Gasteiger charge is 2.11. The topological polar surface area (TPSA) is 81.1 Å². The molecular weight excluding hydrogens is 206 g/mol. The van der Waals surface area contributed by atoms with E-state index in [1.54, 1.807) is 4.68 Å². The SMILES string of the molecule is CCc1nn(C)cc1CC(N)CCC(=O)O. The van der Waals surface area contributed by atoms with Crippen LogP contribution in [0.25, 0.3) is 0 Å². The summed E-state index contributed by atoms with van der Waals surface area (Å²) in [6.45, 7) is 2.05. The molecule has 0 spiro atoms. The number of rotatable bonds is 6. The second-order valence-corrected chi connectivity index (χ2v) is 4.02. The predicted molar refractivity (Wildman–Crippen MR) is 61.1 cm³/mol. The number of nitrogens with zero attached hydrogens (tertiary/aromatic N) is 2. The molecular formula is C11H19N3O2. The summed E-state index contributed by atoms with van der Waals surface area (Å²) in [5, 5.41) is 12.9. The van der Waals surface area contributed by atoms with E-state index in [1.165, 1.54) is 0 Å². The Bertz CT molecular complexity index is 360. The van der Waals surface area contributed by atoms with Gasteiger partial charge in [-0.1, -0.05) is 6.92 Å². The third-order valence-electron chi connectivity index (χ3n) is 2.54. The van der Waals surface area contributed by atoms with E-state index < -0.39 is 5.97 Å².